The largest absolute Gasteiger partial charge is 0.343 e. The molecule has 1 N–H and O–H groups in total. The topological polar surface area (TPSA) is 75.2 Å². The van der Waals surface area contributed by atoms with E-state index in [9.17, 15) is 18.4 Å². The van der Waals surface area contributed by atoms with Gasteiger partial charge in [-0.1, -0.05) is 0 Å². The van der Waals surface area contributed by atoms with Gasteiger partial charge in [0.2, 0.25) is 11.8 Å². The van der Waals surface area contributed by atoms with E-state index >= 15 is 0 Å². The van der Waals surface area contributed by atoms with E-state index in [2.05, 4.69) is 5.32 Å². The van der Waals surface area contributed by atoms with E-state index in [1.807, 2.05) is 0 Å². The fourth-order valence-electron chi connectivity index (χ4n) is 4.45. The average Bonchev–Trinajstić information content (AvgIpc) is 2.89. The maximum atomic E-state index is 13.6. The molecule has 0 saturated carbocycles. The maximum absolute atomic E-state index is 13.6. The van der Waals surface area contributed by atoms with Crippen LogP contribution in [-0.2, 0) is 9.59 Å². The summed E-state index contributed by atoms with van der Waals surface area (Å²) in [6, 6.07) is 17.2. The molecule has 1 fully saturated rings. The lowest BCUT2D eigenvalue weighted by Crippen LogP contribution is -2.40. The van der Waals surface area contributed by atoms with Crippen LogP contribution in [0.15, 0.2) is 66.7 Å². The van der Waals surface area contributed by atoms with Crippen LogP contribution in [0, 0.1) is 17.6 Å². The van der Waals surface area contributed by atoms with E-state index < -0.39 is 0 Å². The number of anilines is 1. The number of fused-ring (bicyclic) bond motifs is 1. The van der Waals surface area contributed by atoms with Gasteiger partial charge in [0.15, 0.2) is 0 Å². The Bertz CT molecular complexity index is 1430. The lowest BCUT2D eigenvalue weighted by atomic mass is 9.96. The molecule has 36 heavy (non-hydrogen) atoms. The molecule has 1 saturated heterocycles. The Morgan fingerprint density at radius 3 is 1.86 bits per heavy atom. The first-order valence-corrected chi connectivity index (χ1v) is 11.8. The lowest BCUT2D eigenvalue weighted by Gasteiger charge is -2.30. The molecule has 0 atom stereocenters. The lowest BCUT2D eigenvalue weighted by molar-refractivity contribution is -0.132. The molecule has 182 valence electrons. The van der Waals surface area contributed by atoms with Gasteiger partial charge in [-0.2, -0.15) is 0 Å². The second kappa shape index (κ2) is 9.81. The zero-order chi connectivity index (χ0) is 25.2. The Kier molecular flexibility index (Phi) is 6.41. The van der Waals surface area contributed by atoms with Crippen molar-refractivity contribution < 1.29 is 18.4 Å². The molecule has 2 amide bonds. The summed E-state index contributed by atoms with van der Waals surface area (Å²) in [5.41, 5.74) is 4.17. The fraction of sp³-hybridized carbons (Fsp3) is 0.214. The Labute approximate surface area is 207 Å². The first-order chi connectivity index (χ1) is 17.4. The zero-order valence-corrected chi connectivity index (χ0v) is 19.7. The number of benzene rings is 3. The number of hydrogen-bond donors (Lipinski definition) is 1. The highest BCUT2D eigenvalue weighted by Crippen LogP contribution is 2.32. The van der Waals surface area contributed by atoms with Gasteiger partial charge in [-0.15, -0.1) is 0 Å². The summed E-state index contributed by atoms with van der Waals surface area (Å²) in [7, 11) is 0. The monoisotopic (exact) mass is 486 g/mol. The third kappa shape index (κ3) is 4.93. The summed E-state index contributed by atoms with van der Waals surface area (Å²) < 4.78 is 27.1. The van der Waals surface area contributed by atoms with Crippen molar-refractivity contribution in [1.82, 2.24) is 14.9 Å². The number of hydrogen-bond acceptors (Lipinski definition) is 4. The quantitative estimate of drug-likeness (QED) is 0.417. The Morgan fingerprint density at radius 1 is 0.806 bits per heavy atom. The number of rotatable bonds is 4. The molecule has 6 nitrogen and oxygen atoms in total. The van der Waals surface area contributed by atoms with Gasteiger partial charge in [0, 0.05) is 42.7 Å². The number of nitrogens with one attached hydrogen (secondary N) is 1. The van der Waals surface area contributed by atoms with Crippen LogP contribution in [0.5, 0.6) is 0 Å². The third-order valence-electron chi connectivity index (χ3n) is 6.48. The van der Waals surface area contributed by atoms with E-state index in [1.165, 1.54) is 31.2 Å². The highest BCUT2D eigenvalue weighted by atomic mass is 19.1. The van der Waals surface area contributed by atoms with Gasteiger partial charge in [-0.3, -0.25) is 9.59 Å². The first kappa shape index (κ1) is 23.5. The minimum atomic E-state index is -0.366. The van der Waals surface area contributed by atoms with Crippen molar-refractivity contribution in [1.29, 1.82) is 0 Å². The number of nitrogens with zero attached hydrogens (tertiary/aromatic N) is 3. The highest BCUT2D eigenvalue weighted by Gasteiger charge is 2.26. The molecule has 1 aromatic heterocycles. The number of aromatic nitrogens is 2. The first-order valence-electron chi connectivity index (χ1n) is 11.8. The van der Waals surface area contributed by atoms with Gasteiger partial charge >= 0.3 is 0 Å². The van der Waals surface area contributed by atoms with Gasteiger partial charge in [0.05, 0.1) is 22.4 Å². The predicted molar refractivity (Wildman–Crippen MR) is 134 cm³/mol. The second-order valence-corrected chi connectivity index (χ2v) is 8.91. The molecular weight excluding hydrogens is 462 g/mol. The van der Waals surface area contributed by atoms with Gasteiger partial charge in [0.1, 0.15) is 11.6 Å². The van der Waals surface area contributed by atoms with Gasteiger partial charge < -0.3 is 10.2 Å². The normalized spacial score (nSPS) is 14.1. The number of carbonyl (C=O) groups excluding carboxylic acids is 2. The van der Waals surface area contributed by atoms with Crippen LogP contribution in [0.25, 0.3) is 33.5 Å². The van der Waals surface area contributed by atoms with Crippen LogP contribution in [0.3, 0.4) is 0 Å². The summed E-state index contributed by atoms with van der Waals surface area (Å²) in [5, 5.41) is 2.97. The molecule has 3 aromatic carbocycles. The Hall–Kier alpha value is -4.20. The molecule has 0 unspecified atom stereocenters. The summed E-state index contributed by atoms with van der Waals surface area (Å²) >= 11 is 0. The molecule has 2 heterocycles. The van der Waals surface area contributed by atoms with Gasteiger partial charge in [-0.25, -0.2) is 18.7 Å². The number of halogens is 2. The van der Waals surface area contributed by atoms with Crippen LogP contribution in [0.4, 0.5) is 14.5 Å². The summed E-state index contributed by atoms with van der Waals surface area (Å²) in [4.78, 5) is 35.7. The number of likely N-dealkylation sites (tertiary alicyclic amines) is 1. The molecular formula is C28H24F2N4O2. The Balaban J connectivity index is 1.47. The van der Waals surface area contributed by atoms with Crippen LogP contribution >= 0.6 is 0 Å². The number of carbonyl (C=O) groups is 2. The molecule has 0 radical (unpaired) electrons. The minimum absolute atomic E-state index is 0.0268. The molecule has 1 aliphatic heterocycles. The number of piperidine rings is 1. The standard InChI is InChI=1S/C28H24F2N4O2/c1-17(35)34-14-12-20(13-15-34)28(36)31-23-10-11-24-25(16-23)33-27(19-4-8-22(30)9-5-19)26(32-24)18-2-6-21(29)7-3-18/h2-11,16,20H,12-15H2,1H3,(H,31,36). The molecule has 1 aliphatic rings. The minimum Gasteiger partial charge on any atom is -0.343 e. The summed E-state index contributed by atoms with van der Waals surface area (Å²) in [5.74, 6) is -0.956. The highest BCUT2D eigenvalue weighted by molar-refractivity contribution is 5.95. The van der Waals surface area contributed by atoms with Crippen LogP contribution in [0.2, 0.25) is 0 Å². The molecule has 4 aromatic rings. The predicted octanol–water partition coefficient (Wildman–Crippen LogP) is 5.44. The van der Waals surface area contributed by atoms with Crippen molar-refractivity contribution in [2.45, 2.75) is 19.8 Å². The van der Waals surface area contributed by atoms with E-state index in [0.29, 0.717) is 65.2 Å². The van der Waals surface area contributed by atoms with Crippen LogP contribution < -0.4 is 5.32 Å². The Morgan fingerprint density at radius 2 is 1.33 bits per heavy atom. The average molecular weight is 487 g/mol. The van der Waals surface area contributed by atoms with E-state index in [0.717, 1.165) is 0 Å². The molecule has 5 rings (SSSR count). The fourth-order valence-corrected chi connectivity index (χ4v) is 4.45. The van der Waals surface area contributed by atoms with E-state index in [-0.39, 0.29) is 29.4 Å². The van der Waals surface area contributed by atoms with Crippen molar-refractivity contribution >= 4 is 28.5 Å². The smallest absolute Gasteiger partial charge is 0.227 e. The zero-order valence-electron chi connectivity index (χ0n) is 19.7. The van der Waals surface area contributed by atoms with Gasteiger partial charge in [0.25, 0.3) is 0 Å². The molecule has 0 spiro atoms. The molecule has 0 aliphatic carbocycles. The van der Waals surface area contributed by atoms with Crippen molar-refractivity contribution in [2.24, 2.45) is 5.92 Å². The van der Waals surface area contributed by atoms with Crippen molar-refractivity contribution in [3.8, 4) is 22.5 Å². The number of amides is 2. The molecule has 8 heteroatoms. The van der Waals surface area contributed by atoms with Crippen LogP contribution in [0.1, 0.15) is 19.8 Å². The summed E-state index contributed by atoms with van der Waals surface area (Å²) in [6.07, 6.45) is 1.24. The SMILES string of the molecule is CC(=O)N1CCC(C(=O)Nc2ccc3nc(-c4ccc(F)cc4)c(-c4ccc(F)cc4)nc3c2)CC1. The van der Waals surface area contributed by atoms with E-state index in [1.54, 1.807) is 47.4 Å². The molecule has 0 bridgehead atoms. The van der Waals surface area contributed by atoms with Crippen molar-refractivity contribution in [3.05, 3.63) is 78.4 Å². The van der Waals surface area contributed by atoms with Crippen LogP contribution in [-0.4, -0.2) is 39.8 Å². The maximum Gasteiger partial charge on any atom is 0.227 e. The third-order valence-corrected chi connectivity index (χ3v) is 6.48. The second-order valence-electron chi connectivity index (χ2n) is 8.91. The van der Waals surface area contributed by atoms with E-state index in [4.69, 9.17) is 9.97 Å². The summed E-state index contributed by atoms with van der Waals surface area (Å²) in [6.45, 7) is 2.69. The van der Waals surface area contributed by atoms with Crippen molar-refractivity contribution in [2.75, 3.05) is 18.4 Å². The van der Waals surface area contributed by atoms with Gasteiger partial charge in [-0.05, 0) is 79.6 Å². The van der Waals surface area contributed by atoms with Crippen molar-refractivity contribution in [3.63, 3.8) is 0 Å².